The van der Waals surface area contributed by atoms with E-state index in [2.05, 4.69) is 48.2 Å². The zero-order chi connectivity index (χ0) is 13.0. The second kappa shape index (κ2) is 6.19. The van der Waals surface area contributed by atoms with Gasteiger partial charge >= 0.3 is 0 Å². The maximum Gasteiger partial charge on any atom is 0.130 e. The summed E-state index contributed by atoms with van der Waals surface area (Å²) in [5.74, 6) is 1.07. The fourth-order valence-corrected chi connectivity index (χ4v) is 2.61. The smallest absolute Gasteiger partial charge is 0.130 e. The highest BCUT2D eigenvalue weighted by atomic mass is 15.1. The third-order valence-corrected chi connectivity index (χ3v) is 3.96. The van der Waals surface area contributed by atoms with Crippen molar-refractivity contribution in [3.05, 3.63) is 23.9 Å². The van der Waals surface area contributed by atoms with Gasteiger partial charge in [0.15, 0.2) is 0 Å². The van der Waals surface area contributed by atoms with Gasteiger partial charge in [-0.25, -0.2) is 4.98 Å². The first kappa shape index (κ1) is 13.3. The molecule has 0 amide bonds. The maximum absolute atomic E-state index is 4.54. The third-order valence-electron chi connectivity index (χ3n) is 3.96. The summed E-state index contributed by atoms with van der Waals surface area (Å²) >= 11 is 0. The van der Waals surface area contributed by atoms with Gasteiger partial charge in [0.05, 0.1) is 0 Å². The summed E-state index contributed by atoms with van der Waals surface area (Å²) in [7, 11) is 2.23. The van der Waals surface area contributed by atoms with Gasteiger partial charge in [0.2, 0.25) is 0 Å². The molecule has 2 atom stereocenters. The van der Waals surface area contributed by atoms with E-state index in [0.29, 0.717) is 12.1 Å². The Hall–Kier alpha value is -1.09. The van der Waals surface area contributed by atoms with Crippen LogP contribution in [0.2, 0.25) is 0 Å². The molecule has 3 nitrogen and oxygen atoms in total. The van der Waals surface area contributed by atoms with Crippen molar-refractivity contribution in [1.82, 2.24) is 9.88 Å². The van der Waals surface area contributed by atoms with Gasteiger partial charge < -0.3 is 5.32 Å². The number of hydrogen-bond donors (Lipinski definition) is 1. The monoisotopic (exact) mass is 247 g/mol. The van der Waals surface area contributed by atoms with Gasteiger partial charge in [-0.3, -0.25) is 4.90 Å². The van der Waals surface area contributed by atoms with Crippen molar-refractivity contribution in [1.29, 1.82) is 0 Å². The molecule has 1 fully saturated rings. The summed E-state index contributed by atoms with van der Waals surface area (Å²) < 4.78 is 0. The highest BCUT2D eigenvalue weighted by Gasteiger charge is 2.23. The second-order valence-electron chi connectivity index (χ2n) is 5.39. The van der Waals surface area contributed by atoms with E-state index in [1.807, 2.05) is 6.20 Å². The first-order valence-electron chi connectivity index (χ1n) is 7.14. The fourth-order valence-electron chi connectivity index (χ4n) is 2.61. The van der Waals surface area contributed by atoms with Crippen LogP contribution in [0, 0.1) is 0 Å². The van der Waals surface area contributed by atoms with Gasteiger partial charge in [-0.1, -0.05) is 19.4 Å². The molecule has 0 unspecified atom stereocenters. The molecule has 1 aromatic rings. The van der Waals surface area contributed by atoms with Crippen molar-refractivity contribution in [2.24, 2.45) is 0 Å². The van der Waals surface area contributed by atoms with Crippen molar-refractivity contribution in [3.63, 3.8) is 0 Å². The van der Waals surface area contributed by atoms with E-state index in [9.17, 15) is 0 Å². The topological polar surface area (TPSA) is 28.2 Å². The number of nitrogens with zero attached hydrogens (tertiary/aromatic N) is 2. The number of aromatic nitrogens is 1. The molecule has 0 radical (unpaired) electrons. The molecular weight excluding hydrogens is 222 g/mol. The van der Waals surface area contributed by atoms with Crippen LogP contribution >= 0.6 is 0 Å². The van der Waals surface area contributed by atoms with E-state index in [1.165, 1.54) is 31.4 Å². The van der Waals surface area contributed by atoms with Crippen LogP contribution in [0.15, 0.2) is 18.3 Å². The highest BCUT2D eigenvalue weighted by Crippen LogP contribution is 2.33. The molecule has 0 spiro atoms. The van der Waals surface area contributed by atoms with Crippen molar-refractivity contribution < 1.29 is 0 Å². The van der Waals surface area contributed by atoms with Crippen LogP contribution in [0.5, 0.6) is 0 Å². The van der Waals surface area contributed by atoms with E-state index in [1.54, 1.807) is 0 Å². The Bertz CT molecular complexity index is 378. The molecule has 1 aliphatic rings. The summed E-state index contributed by atoms with van der Waals surface area (Å²) in [6, 6.07) is 5.29. The van der Waals surface area contributed by atoms with Crippen LogP contribution in [0.25, 0.3) is 0 Å². The van der Waals surface area contributed by atoms with Crippen LogP contribution in [-0.2, 0) is 0 Å². The minimum absolute atomic E-state index is 0.479. The summed E-state index contributed by atoms with van der Waals surface area (Å²) in [5, 5.41) is 3.54. The van der Waals surface area contributed by atoms with E-state index in [4.69, 9.17) is 0 Å². The van der Waals surface area contributed by atoms with Crippen molar-refractivity contribution >= 4 is 5.82 Å². The molecule has 1 saturated heterocycles. The molecule has 2 heterocycles. The molecule has 1 N–H and O–H groups in total. The van der Waals surface area contributed by atoms with Crippen LogP contribution in [-0.4, -0.2) is 29.5 Å². The van der Waals surface area contributed by atoms with Crippen LogP contribution < -0.4 is 5.32 Å². The fraction of sp³-hybridized carbons (Fsp3) is 0.667. The van der Waals surface area contributed by atoms with Gasteiger partial charge in [-0.2, -0.15) is 0 Å². The number of anilines is 1. The quantitative estimate of drug-likeness (QED) is 0.883. The van der Waals surface area contributed by atoms with Crippen molar-refractivity contribution in [3.8, 4) is 0 Å². The predicted molar refractivity (Wildman–Crippen MR) is 76.8 cm³/mol. The number of pyridine rings is 1. The Morgan fingerprint density at radius 1 is 1.50 bits per heavy atom. The Morgan fingerprint density at radius 2 is 2.33 bits per heavy atom. The molecule has 3 heteroatoms. The van der Waals surface area contributed by atoms with E-state index < -0.39 is 0 Å². The zero-order valence-electron chi connectivity index (χ0n) is 11.8. The molecule has 0 aliphatic carbocycles. The SMILES string of the molecule is CC[C@H](C)Nc1ncccc1[C@H]1CCCCN1C. The van der Waals surface area contributed by atoms with E-state index in [-0.39, 0.29) is 0 Å². The molecule has 100 valence electrons. The zero-order valence-corrected chi connectivity index (χ0v) is 11.8. The average Bonchev–Trinajstić information content (AvgIpc) is 2.40. The average molecular weight is 247 g/mol. The Morgan fingerprint density at radius 3 is 3.06 bits per heavy atom. The molecule has 1 aliphatic heterocycles. The minimum atomic E-state index is 0.479. The lowest BCUT2D eigenvalue weighted by Gasteiger charge is -2.34. The predicted octanol–water partition coefficient (Wildman–Crippen LogP) is 3.45. The molecule has 2 rings (SSSR count). The van der Waals surface area contributed by atoms with Gasteiger partial charge in [0, 0.05) is 23.8 Å². The van der Waals surface area contributed by atoms with Gasteiger partial charge in [-0.05, 0) is 45.8 Å². The summed E-state index contributed by atoms with van der Waals surface area (Å²) in [4.78, 5) is 7.00. The minimum Gasteiger partial charge on any atom is -0.367 e. The molecule has 18 heavy (non-hydrogen) atoms. The summed E-state index contributed by atoms with van der Waals surface area (Å²) in [5.41, 5.74) is 1.36. The number of nitrogens with one attached hydrogen (secondary N) is 1. The summed E-state index contributed by atoms with van der Waals surface area (Å²) in [6.45, 7) is 5.61. The summed E-state index contributed by atoms with van der Waals surface area (Å²) in [6.07, 6.45) is 6.90. The lowest BCUT2D eigenvalue weighted by molar-refractivity contribution is 0.187. The van der Waals surface area contributed by atoms with Crippen LogP contribution in [0.1, 0.15) is 51.1 Å². The van der Waals surface area contributed by atoms with Gasteiger partial charge in [0.1, 0.15) is 5.82 Å². The highest BCUT2D eigenvalue weighted by molar-refractivity contribution is 5.46. The van der Waals surface area contributed by atoms with E-state index in [0.717, 1.165) is 12.2 Å². The number of rotatable bonds is 4. The molecule has 0 saturated carbocycles. The lowest BCUT2D eigenvalue weighted by Crippen LogP contribution is -2.30. The Kier molecular flexibility index (Phi) is 4.59. The standard InChI is InChI=1S/C15H25N3/c1-4-12(2)17-15-13(8-7-10-16-15)14-9-5-6-11-18(14)3/h7-8,10,12,14H,4-6,9,11H2,1-3H3,(H,16,17)/t12-,14+/m0/s1. The first-order valence-corrected chi connectivity index (χ1v) is 7.14. The first-order chi connectivity index (χ1) is 8.72. The second-order valence-corrected chi connectivity index (χ2v) is 5.39. The normalized spacial score (nSPS) is 22.7. The Labute approximate surface area is 111 Å². The third kappa shape index (κ3) is 3.02. The number of hydrogen-bond acceptors (Lipinski definition) is 3. The molecular formula is C15H25N3. The van der Waals surface area contributed by atoms with E-state index >= 15 is 0 Å². The molecule has 0 bridgehead atoms. The lowest BCUT2D eigenvalue weighted by atomic mass is 9.96. The number of likely N-dealkylation sites (tertiary alicyclic amines) is 1. The van der Waals surface area contributed by atoms with Crippen LogP contribution in [0.4, 0.5) is 5.82 Å². The largest absolute Gasteiger partial charge is 0.367 e. The van der Waals surface area contributed by atoms with Crippen molar-refractivity contribution in [2.45, 2.75) is 51.6 Å². The van der Waals surface area contributed by atoms with Crippen LogP contribution in [0.3, 0.4) is 0 Å². The molecule has 1 aromatic heterocycles. The maximum atomic E-state index is 4.54. The van der Waals surface area contributed by atoms with Gasteiger partial charge in [0.25, 0.3) is 0 Å². The van der Waals surface area contributed by atoms with Crippen molar-refractivity contribution in [2.75, 3.05) is 18.9 Å². The molecule has 0 aromatic carbocycles. The van der Waals surface area contributed by atoms with Gasteiger partial charge in [-0.15, -0.1) is 0 Å². The number of piperidine rings is 1. The Balaban J connectivity index is 2.20.